The highest BCUT2D eigenvalue weighted by atomic mass is 19.1. The van der Waals surface area contributed by atoms with Crippen LogP contribution in [-0.2, 0) is 14.3 Å². The SMILES string of the molecule is N#Cc1cc(F)cc(C(=O)N2CCC3(CC2)CC(CN2CCCC2)OC3=O)c1.O=CO. The van der Waals surface area contributed by atoms with Crippen molar-refractivity contribution in [1.29, 1.82) is 5.26 Å². The number of hydrogen-bond acceptors (Lipinski definition) is 6. The van der Waals surface area contributed by atoms with Gasteiger partial charge in [0.25, 0.3) is 12.4 Å². The smallest absolute Gasteiger partial charge is 0.312 e. The number of esters is 1. The highest BCUT2D eigenvalue weighted by Gasteiger charge is 2.51. The Kier molecular flexibility index (Phi) is 7.23. The van der Waals surface area contributed by atoms with E-state index >= 15 is 0 Å². The molecule has 31 heavy (non-hydrogen) atoms. The second kappa shape index (κ2) is 9.88. The van der Waals surface area contributed by atoms with E-state index in [4.69, 9.17) is 19.9 Å². The molecule has 3 saturated heterocycles. The number of hydrogen-bond donors (Lipinski definition) is 1. The van der Waals surface area contributed by atoms with Gasteiger partial charge in [-0.3, -0.25) is 19.3 Å². The number of piperidine rings is 1. The molecule has 1 amide bonds. The Bertz CT molecular complexity index is 870. The zero-order chi connectivity index (χ0) is 22.4. The molecule has 0 bridgehead atoms. The molecule has 0 aromatic heterocycles. The lowest BCUT2D eigenvalue weighted by Crippen LogP contribution is -2.45. The van der Waals surface area contributed by atoms with Gasteiger partial charge >= 0.3 is 5.97 Å². The summed E-state index contributed by atoms with van der Waals surface area (Å²) in [4.78, 5) is 37.7. The maximum Gasteiger partial charge on any atom is 0.312 e. The quantitative estimate of drug-likeness (QED) is 0.576. The van der Waals surface area contributed by atoms with Crippen molar-refractivity contribution in [3.8, 4) is 6.07 Å². The van der Waals surface area contributed by atoms with Gasteiger partial charge in [0, 0.05) is 31.6 Å². The van der Waals surface area contributed by atoms with Crippen molar-refractivity contribution in [2.45, 2.75) is 38.2 Å². The van der Waals surface area contributed by atoms with Crippen LogP contribution in [0.3, 0.4) is 0 Å². The Hall–Kier alpha value is -2.99. The van der Waals surface area contributed by atoms with E-state index in [0.29, 0.717) is 32.4 Å². The summed E-state index contributed by atoms with van der Waals surface area (Å²) in [7, 11) is 0. The number of ether oxygens (including phenoxy) is 1. The van der Waals surface area contributed by atoms with Crippen molar-refractivity contribution in [3.63, 3.8) is 0 Å². The molecule has 3 aliphatic rings. The normalized spacial score (nSPS) is 22.4. The highest BCUT2D eigenvalue weighted by Crippen LogP contribution is 2.43. The lowest BCUT2D eigenvalue weighted by Gasteiger charge is -2.36. The number of rotatable bonds is 3. The Labute approximate surface area is 180 Å². The molecule has 0 aliphatic carbocycles. The predicted octanol–water partition coefficient (Wildman–Crippen LogP) is 2.03. The second-order valence-electron chi connectivity index (χ2n) is 8.26. The van der Waals surface area contributed by atoms with Gasteiger partial charge in [0.2, 0.25) is 0 Å². The number of nitrogens with zero attached hydrogens (tertiary/aromatic N) is 3. The van der Waals surface area contributed by atoms with Gasteiger partial charge in [-0.15, -0.1) is 0 Å². The molecule has 3 fully saturated rings. The van der Waals surface area contributed by atoms with Crippen LogP contribution in [0.5, 0.6) is 0 Å². The van der Waals surface area contributed by atoms with Gasteiger partial charge < -0.3 is 14.7 Å². The largest absolute Gasteiger partial charge is 0.483 e. The lowest BCUT2D eigenvalue weighted by molar-refractivity contribution is -0.151. The molecular formula is C22H26FN3O5. The van der Waals surface area contributed by atoms with Gasteiger partial charge in [-0.25, -0.2) is 4.39 Å². The topological polar surface area (TPSA) is 111 Å². The van der Waals surface area contributed by atoms with E-state index in [1.54, 1.807) is 4.90 Å². The number of cyclic esters (lactones) is 1. The van der Waals surface area contributed by atoms with Crippen LogP contribution in [0.2, 0.25) is 0 Å². The molecule has 3 aliphatic heterocycles. The summed E-state index contributed by atoms with van der Waals surface area (Å²) >= 11 is 0. The standard InChI is InChI=1S/C21H24FN3O3.CH2O2/c22-17-10-15(13-23)9-16(11-17)19(26)25-7-3-21(4-8-25)12-18(28-20(21)27)14-24-5-1-2-6-24;2-1-3/h9-11,18H,1-8,12,14H2;1H,(H,2,3). The first kappa shape index (κ1) is 22.7. The minimum absolute atomic E-state index is 0.0609. The van der Waals surface area contributed by atoms with Crippen molar-refractivity contribution < 1.29 is 28.6 Å². The van der Waals surface area contributed by atoms with Crippen molar-refractivity contribution in [2.75, 3.05) is 32.7 Å². The zero-order valence-corrected chi connectivity index (χ0v) is 17.3. The van der Waals surface area contributed by atoms with Crippen LogP contribution in [0, 0.1) is 22.6 Å². The molecule has 1 atom stereocenters. The van der Waals surface area contributed by atoms with E-state index < -0.39 is 11.2 Å². The molecule has 0 saturated carbocycles. The van der Waals surface area contributed by atoms with Gasteiger partial charge in [0.15, 0.2) is 0 Å². The molecule has 1 N–H and O–H groups in total. The number of carbonyl (C=O) groups is 3. The van der Waals surface area contributed by atoms with Crippen molar-refractivity contribution in [3.05, 3.63) is 35.1 Å². The van der Waals surface area contributed by atoms with Gasteiger partial charge in [0.05, 0.1) is 17.0 Å². The Morgan fingerprint density at radius 2 is 1.90 bits per heavy atom. The molecule has 4 rings (SSSR count). The van der Waals surface area contributed by atoms with Crippen LogP contribution in [-0.4, -0.2) is 72.1 Å². The summed E-state index contributed by atoms with van der Waals surface area (Å²) in [5, 5.41) is 15.9. The fourth-order valence-electron chi connectivity index (χ4n) is 4.70. The van der Waals surface area contributed by atoms with Crippen molar-refractivity contribution in [2.24, 2.45) is 5.41 Å². The predicted molar refractivity (Wildman–Crippen MR) is 108 cm³/mol. The molecule has 1 spiro atoms. The minimum atomic E-state index is -0.597. The molecule has 8 nitrogen and oxygen atoms in total. The monoisotopic (exact) mass is 431 g/mol. The first-order chi connectivity index (χ1) is 14.9. The van der Waals surface area contributed by atoms with Gasteiger partial charge in [-0.2, -0.15) is 5.26 Å². The number of carboxylic acid groups (broad SMARTS) is 1. The number of amides is 1. The van der Waals surface area contributed by atoms with Gasteiger partial charge in [0.1, 0.15) is 11.9 Å². The number of nitriles is 1. The van der Waals surface area contributed by atoms with Gasteiger partial charge in [-0.05, 0) is 57.0 Å². The summed E-state index contributed by atoms with van der Waals surface area (Å²) in [6.45, 7) is 3.56. The van der Waals surface area contributed by atoms with Crippen LogP contribution < -0.4 is 0 Å². The van der Waals surface area contributed by atoms with Crippen LogP contribution in [0.25, 0.3) is 0 Å². The van der Waals surface area contributed by atoms with Crippen LogP contribution in [0.4, 0.5) is 4.39 Å². The Morgan fingerprint density at radius 1 is 1.26 bits per heavy atom. The number of halogens is 1. The molecule has 9 heteroatoms. The first-order valence-electron chi connectivity index (χ1n) is 10.4. The molecule has 0 radical (unpaired) electrons. The van der Waals surface area contributed by atoms with Crippen LogP contribution in [0.15, 0.2) is 18.2 Å². The molecular weight excluding hydrogens is 405 g/mol. The maximum absolute atomic E-state index is 13.7. The van der Waals surface area contributed by atoms with E-state index in [0.717, 1.165) is 31.8 Å². The molecule has 1 aromatic rings. The van der Waals surface area contributed by atoms with Crippen molar-refractivity contribution >= 4 is 18.3 Å². The number of carbonyl (C=O) groups excluding carboxylic acids is 2. The average Bonchev–Trinajstić information content (AvgIpc) is 3.36. The number of benzene rings is 1. The van der Waals surface area contributed by atoms with Crippen LogP contribution in [0.1, 0.15) is 48.0 Å². The number of likely N-dealkylation sites (tertiary alicyclic amines) is 2. The van der Waals surface area contributed by atoms with Gasteiger partial charge in [-0.1, -0.05) is 0 Å². The summed E-state index contributed by atoms with van der Waals surface area (Å²) in [6, 6.07) is 5.54. The van der Waals surface area contributed by atoms with E-state index in [9.17, 15) is 14.0 Å². The third kappa shape index (κ3) is 5.20. The second-order valence-corrected chi connectivity index (χ2v) is 8.26. The Morgan fingerprint density at radius 3 is 2.52 bits per heavy atom. The average molecular weight is 431 g/mol. The third-order valence-corrected chi connectivity index (χ3v) is 6.27. The summed E-state index contributed by atoms with van der Waals surface area (Å²) in [5.74, 6) is -1.04. The van der Waals surface area contributed by atoms with Crippen molar-refractivity contribution in [1.82, 2.24) is 9.80 Å². The van der Waals surface area contributed by atoms with E-state index in [1.165, 1.54) is 18.9 Å². The maximum atomic E-state index is 13.7. The summed E-state index contributed by atoms with van der Waals surface area (Å²) < 4.78 is 19.3. The van der Waals surface area contributed by atoms with Crippen LogP contribution >= 0.6 is 0 Å². The molecule has 1 aromatic carbocycles. The Balaban J connectivity index is 0.000000858. The zero-order valence-electron chi connectivity index (χ0n) is 17.3. The summed E-state index contributed by atoms with van der Waals surface area (Å²) in [5.41, 5.74) is -0.199. The molecule has 1 unspecified atom stereocenters. The van der Waals surface area contributed by atoms with E-state index in [1.807, 2.05) is 6.07 Å². The first-order valence-corrected chi connectivity index (χ1v) is 10.4. The molecule has 3 heterocycles. The lowest BCUT2D eigenvalue weighted by atomic mass is 9.76. The fraction of sp³-hybridized carbons (Fsp3) is 0.545. The molecule has 166 valence electrons. The van der Waals surface area contributed by atoms with E-state index in [-0.39, 0.29) is 35.6 Å². The summed E-state index contributed by atoms with van der Waals surface area (Å²) in [6.07, 6.45) is 4.19. The highest BCUT2D eigenvalue weighted by molar-refractivity contribution is 5.95. The third-order valence-electron chi connectivity index (χ3n) is 6.27. The fourth-order valence-corrected chi connectivity index (χ4v) is 4.70. The van der Waals surface area contributed by atoms with E-state index in [2.05, 4.69) is 4.90 Å². The minimum Gasteiger partial charge on any atom is -0.483 e.